The van der Waals surface area contributed by atoms with Crippen molar-refractivity contribution in [3.8, 4) is 11.3 Å². The SMILES string of the molecule is CC.Cc1[nH]nc(-c2ccccc2)c1C.[HH]. The van der Waals surface area contributed by atoms with Gasteiger partial charge in [0.2, 0.25) is 0 Å². The van der Waals surface area contributed by atoms with Crippen molar-refractivity contribution in [1.82, 2.24) is 10.2 Å². The molecule has 0 amide bonds. The zero-order chi connectivity index (χ0) is 11.3. The van der Waals surface area contributed by atoms with Crippen LogP contribution in [0.5, 0.6) is 0 Å². The molecule has 0 aliphatic carbocycles. The fourth-order valence-corrected chi connectivity index (χ4v) is 1.36. The number of rotatable bonds is 1. The molecule has 0 saturated carbocycles. The second-order valence-corrected chi connectivity index (χ2v) is 3.19. The van der Waals surface area contributed by atoms with E-state index in [-0.39, 0.29) is 1.43 Å². The molecule has 0 atom stereocenters. The molecule has 0 saturated heterocycles. The maximum absolute atomic E-state index is 4.26. The Morgan fingerprint density at radius 1 is 1.07 bits per heavy atom. The van der Waals surface area contributed by atoms with E-state index in [4.69, 9.17) is 0 Å². The highest BCUT2D eigenvalue weighted by molar-refractivity contribution is 5.63. The molecule has 15 heavy (non-hydrogen) atoms. The summed E-state index contributed by atoms with van der Waals surface area (Å²) >= 11 is 0. The van der Waals surface area contributed by atoms with Gasteiger partial charge in [-0.2, -0.15) is 5.10 Å². The van der Waals surface area contributed by atoms with Crippen LogP contribution in [-0.4, -0.2) is 10.2 Å². The van der Waals surface area contributed by atoms with Crippen LogP contribution in [0.3, 0.4) is 0 Å². The first-order valence-electron chi connectivity index (χ1n) is 5.36. The number of H-pyrrole nitrogens is 1. The molecule has 0 spiro atoms. The molecule has 2 aromatic rings. The van der Waals surface area contributed by atoms with Crippen LogP contribution in [0.1, 0.15) is 26.5 Å². The lowest BCUT2D eigenvalue weighted by Gasteiger charge is -1.96. The van der Waals surface area contributed by atoms with E-state index in [1.165, 1.54) is 11.1 Å². The third-order valence-corrected chi connectivity index (χ3v) is 2.30. The summed E-state index contributed by atoms with van der Waals surface area (Å²) in [5, 5.41) is 7.25. The van der Waals surface area contributed by atoms with E-state index in [1.54, 1.807) is 0 Å². The van der Waals surface area contributed by atoms with Crippen molar-refractivity contribution in [1.29, 1.82) is 0 Å². The lowest BCUT2D eigenvalue weighted by atomic mass is 10.1. The monoisotopic (exact) mass is 204 g/mol. The van der Waals surface area contributed by atoms with E-state index in [9.17, 15) is 0 Å². The van der Waals surface area contributed by atoms with Gasteiger partial charge in [-0.1, -0.05) is 44.2 Å². The summed E-state index contributed by atoms with van der Waals surface area (Å²) in [6, 6.07) is 10.2. The largest absolute Gasteiger partial charge is 0.282 e. The minimum atomic E-state index is 0. The second-order valence-electron chi connectivity index (χ2n) is 3.19. The molecule has 0 aliphatic rings. The summed E-state index contributed by atoms with van der Waals surface area (Å²) < 4.78 is 0. The van der Waals surface area contributed by atoms with Gasteiger partial charge in [-0.05, 0) is 19.4 Å². The maximum atomic E-state index is 4.26. The summed E-state index contributed by atoms with van der Waals surface area (Å²) in [6.07, 6.45) is 0. The number of aryl methyl sites for hydroxylation is 1. The standard InChI is InChI=1S/C11H12N2.C2H6.H2/c1-8-9(2)12-13-11(8)10-6-4-3-5-7-10;1-2;/h3-7H,1-2H3,(H,12,13);1-2H3;1H. The average molecular weight is 204 g/mol. The Morgan fingerprint density at radius 2 is 1.67 bits per heavy atom. The lowest BCUT2D eigenvalue weighted by molar-refractivity contribution is 1.05. The molecule has 2 rings (SSSR count). The normalized spacial score (nSPS) is 9.33. The first-order chi connectivity index (χ1) is 7.29. The summed E-state index contributed by atoms with van der Waals surface area (Å²) in [7, 11) is 0. The maximum Gasteiger partial charge on any atom is 0.0952 e. The minimum Gasteiger partial charge on any atom is -0.282 e. The molecule has 0 radical (unpaired) electrons. The highest BCUT2D eigenvalue weighted by atomic mass is 15.1. The van der Waals surface area contributed by atoms with E-state index >= 15 is 0 Å². The van der Waals surface area contributed by atoms with Gasteiger partial charge >= 0.3 is 0 Å². The van der Waals surface area contributed by atoms with E-state index in [2.05, 4.69) is 29.3 Å². The fraction of sp³-hybridized carbons (Fsp3) is 0.308. The first kappa shape index (κ1) is 11.5. The molecule has 0 aliphatic heterocycles. The highest BCUT2D eigenvalue weighted by Crippen LogP contribution is 2.21. The minimum absolute atomic E-state index is 0. The van der Waals surface area contributed by atoms with Crippen molar-refractivity contribution in [2.75, 3.05) is 0 Å². The van der Waals surface area contributed by atoms with Gasteiger partial charge in [0, 0.05) is 12.7 Å². The molecule has 2 nitrogen and oxygen atoms in total. The predicted octanol–water partition coefficient (Wildman–Crippen LogP) is 3.97. The van der Waals surface area contributed by atoms with Crippen molar-refractivity contribution in [2.24, 2.45) is 0 Å². The number of benzene rings is 1. The number of hydrogen-bond acceptors (Lipinski definition) is 1. The number of nitrogens with one attached hydrogen (secondary N) is 1. The van der Waals surface area contributed by atoms with Crippen LogP contribution in [0.15, 0.2) is 30.3 Å². The molecule has 1 aromatic heterocycles. The first-order valence-corrected chi connectivity index (χ1v) is 5.36. The highest BCUT2D eigenvalue weighted by Gasteiger charge is 2.06. The molecule has 0 fully saturated rings. The van der Waals surface area contributed by atoms with Gasteiger partial charge in [0.1, 0.15) is 0 Å². The molecular weight excluding hydrogens is 184 g/mol. The summed E-state index contributed by atoms with van der Waals surface area (Å²) in [4.78, 5) is 0. The van der Waals surface area contributed by atoms with Crippen molar-refractivity contribution in [3.63, 3.8) is 0 Å². The van der Waals surface area contributed by atoms with Gasteiger partial charge in [-0.15, -0.1) is 0 Å². The van der Waals surface area contributed by atoms with Crippen molar-refractivity contribution in [3.05, 3.63) is 41.6 Å². The summed E-state index contributed by atoms with van der Waals surface area (Å²) in [6.45, 7) is 8.12. The summed E-state index contributed by atoms with van der Waals surface area (Å²) in [5.74, 6) is 0. The van der Waals surface area contributed by atoms with Crippen LogP contribution in [0.25, 0.3) is 11.3 Å². The number of nitrogens with zero attached hydrogens (tertiary/aromatic N) is 1. The van der Waals surface area contributed by atoms with Gasteiger partial charge in [-0.3, -0.25) is 5.10 Å². The van der Waals surface area contributed by atoms with E-state index in [0.717, 1.165) is 11.4 Å². The predicted molar refractivity (Wildman–Crippen MR) is 67.0 cm³/mol. The number of aromatic nitrogens is 2. The topological polar surface area (TPSA) is 28.7 Å². The van der Waals surface area contributed by atoms with Crippen molar-refractivity contribution in [2.45, 2.75) is 27.7 Å². The van der Waals surface area contributed by atoms with E-state index in [1.807, 2.05) is 39.0 Å². The Balaban J connectivity index is 0.000000711. The van der Waals surface area contributed by atoms with Gasteiger partial charge in [0.15, 0.2) is 0 Å². The van der Waals surface area contributed by atoms with Crippen molar-refractivity contribution >= 4 is 0 Å². The van der Waals surface area contributed by atoms with Crippen LogP contribution in [0.4, 0.5) is 0 Å². The molecule has 82 valence electrons. The van der Waals surface area contributed by atoms with Gasteiger partial charge in [0.05, 0.1) is 5.69 Å². The van der Waals surface area contributed by atoms with Crippen LogP contribution in [0, 0.1) is 13.8 Å². The van der Waals surface area contributed by atoms with Gasteiger partial charge < -0.3 is 0 Å². The molecular formula is C13H20N2. The number of hydrogen-bond donors (Lipinski definition) is 1. The van der Waals surface area contributed by atoms with Crippen LogP contribution in [0.2, 0.25) is 0 Å². The Hall–Kier alpha value is -1.57. The third-order valence-electron chi connectivity index (χ3n) is 2.30. The van der Waals surface area contributed by atoms with Gasteiger partial charge in [-0.25, -0.2) is 0 Å². The Kier molecular flexibility index (Phi) is 4.10. The Bertz CT molecular complexity index is 407. The molecule has 2 heteroatoms. The van der Waals surface area contributed by atoms with Crippen LogP contribution >= 0.6 is 0 Å². The van der Waals surface area contributed by atoms with Crippen LogP contribution in [-0.2, 0) is 0 Å². The molecule has 1 aromatic carbocycles. The second kappa shape index (κ2) is 5.35. The third kappa shape index (κ3) is 2.46. The summed E-state index contributed by atoms with van der Waals surface area (Å²) in [5.41, 5.74) is 4.59. The Morgan fingerprint density at radius 3 is 2.13 bits per heavy atom. The lowest BCUT2D eigenvalue weighted by Crippen LogP contribution is -1.79. The number of aromatic amines is 1. The molecule has 1 heterocycles. The van der Waals surface area contributed by atoms with Crippen LogP contribution < -0.4 is 0 Å². The zero-order valence-electron chi connectivity index (χ0n) is 9.83. The molecule has 1 N–H and O–H groups in total. The fourth-order valence-electron chi connectivity index (χ4n) is 1.36. The quantitative estimate of drug-likeness (QED) is 0.748. The molecule has 0 bridgehead atoms. The average Bonchev–Trinajstić information content (AvgIpc) is 2.64. The van der Waals surface area contributed by atoms with E-state index < -0.39 is 0 Å². The smallest absolute Gasteiger partial charge is 0.0952 e. The Labute approximate surface area is 92.8 Å². The van der Waals surface area contributed by atoms with Crippen molar-refractivity contribution < 1.29 is 1.43 Å². The molecule has 0 unspecified atom stereocenters. The zero-order valence-corrected chi connectivity index (χ0v) is 9.83. The van der Waals surface area contributed by atoms with E-state index in [0.29, 0.717) is 0 Å². The van der Waals surface area contributed by atoms with Gasteiger partial charge in [0.25, 0.3) is 0 Å².